The van der Waals surface area contributed by atoms with Crippen molar-refractivity contribution in [2.45, 2.75) is 13.1 Å². The van der Waals surface area contributed by atoms with Gasteiger partial charge in [0.15, 0.2) is 0 Å². The fourth-order valence-corrected chi connectivity index (χ4v) is 6.25. The standard InChI is InChI=1S/C37H27N3/c1-3-13-26(14-4-1)23-39-25-31(28-17-8-11-21-33(28)39)35-29-18-7-10-20-32(29)38-37-36(35)30-19-9-12-22-34(30)40(37)24-27-15-5-2-6-16-27/h1-22,25H,23-24H2. The fraction of sp³-hybridized carbons (Fsp3) is 0.0541. The molecule has 0 fully saturated rings. The zero-order chi connectivity index (χ0) is 26.5. The largest absolute Gasteiger partial charge is 0.342 e. The smallest absolute Gasteiger partial charge is 0.142 e. The lowest BCUT2D eigenvalue weighted by Crippen LogP contribution is -2.01. The van der Waals surface area contributed by atoms with E-state index in [0.717, 1.165) is 24.3 Å². The summed E-state index contributed by atoms with van der Waals surface area (Å²) in [4.78, 5) is 5.31. The summed E-state index contributed by atoms with van der Waals surface area (Å²) in [5.74, 6) is 0. The van der Waals surface area contributed by atoms with E-state index < -0.39 is 0 Å². The average molecular weight is 514 g/mol. The van der Waals surface area contributed by atoms with E-state index in [2.05, 4.69) is 149 Å². The first-order valence-corrected chi connectivity index (χ1v) is 13.8. The van der Waals surface area contributed by atoms with Crippen molar-refractivity contribution in [2.24, 2.45) is 0 Å². The molecule has 190 valence electrons. The van der Waals surface area contributed by atoms with Crippen LogP contribution in [0.4, 0.5) is 0 Å². The van der Waals surface area contributed by atoms with E-state index in [0.29, 0.717) is 0 Å². The molecule has 0 saturated heterocycles. The highest BCUT2D eigenvalue weighted by molar-refractivity contribution is 6.22. The number of rotatable bonds is 5. The Hall–Kier alpha value is -5.15. The molecule has 0 unspecified atom stereocenters. The molecule has 3 heterocycles. The first-order chi connectivity index (χ1) is 19.8. The molecule has 0 bridgehead atoms. The number of hydrogen-bond donors (Lipinski definition) is 0. The maximum absolute atomic E-state index is 5.31. The van der Waals surface area contributed by atoms with Gasteiger partial charge in [-0.2, -0.15) is 0 Å². The molecule has 8 rings (SSSR count). The summed E-state index contributed by atoms with van der Waals surface area (Å²) < 4.78 is 4.78. The fourth-order valence-electron chi connectivity index (χ4n) is 6.25. The molecule has 0 saturated carbocycles. The molecule has 0 aliphatic rings. The van der Waals surface area contributed by atoms with Gasteiger partial charge in [0.1, 0.15) is 5.65 Å². The maximum Gasteiger partial charge on any atom is 0.142 e. The van der Waals surface area contributed by atoms with Gasteiger partial charge in [-0.15, -0.1) is 0 Å². The van der Waals surface area contributed by atoms with Crippen LogP contribution in [0.3, 0.4) is 0 Å². The third-order valence-corrected chi connectivity index (χ3v) is 8.03. The van der Waals surface area contributed by atoms with Crippen LogP contribution in [0.15, 0.2) is 140 Å². The molecule has 0 spiro atoms. The van der Waals surface area contributed by atoms with E-state index >= 15 is 0 Å². The van der Waals surface area contributed by atoms with Gasteiger partial charge in [0, 0.05) is 57.5 Å². The van der Waals surface area contributed by atoms with Crippen molar-refractivity contribution >= 4 is 43.7 Å². The minimum atomic E-state index is 0.769. The molecular weight excluding hydrogens is 486 g/mol. The molecule has 0 aliphatic heterocycles. The summed E-state index contributed by atoms with van der Waals surface area (Å²) in [7, 11) is 0. The Morgan fingerprint density at radius 3 is 1.82 bits per heavy atom. The number of hydrogen-bond acceptors (Lipinski definition) is 1. The van der Waals surface area contributed by atoms with Gasteiger partial charge >= 0.3 is 0 Å². The van der Waals surface area contributed by atoms with Crippen molar-refractivity contribution in [3.8, 4) is 11.1 Å². The number of fused-ring (bicyclic) bond motifs is 5. The molecule has 0 amide bonds. The predicted molar refractivity (Wildman–Crippen MR) is 167 cm³/mol. The van der Waals surface area contributed by atoms with E-state index in [9.17, 15) is 0 Å². The summed E-state index contributed by atoms with van der Waals surface area (Å²) in [5.41, 5.74) is 9.55. The van der Waals surface area contributed by atoms with Crippen LogP contribution in [-0.4, -0.2) is 14.1 Å². The van der Waals surface area contributed by atoms with Crippen LogP contribution in [0.2, 0.25) is 0 Å². The van der Waals surface area contributed by atoms with Crippen molar-refractivity contribution < 1.29 is 0 Å². The third-order valence-electron chi connectivity index (χ3n) is 8.03. The van der Waals surface area contributed by atoms with Crippen LogP contribution in [0, 0.1) is 0 Å². The number of aromatic nitrogens is 3. The van der Waals surface area contributed by atoms with Gasteiger partial charge in [0.25, 0.3) is 0 Å². The van der Waals surface area contributed by atoms with Crippen molar-refractivity contribution in [3.05, 3.63) is 151 Å². The third kappa shape index (κ3) is 3.63. The number of para-hydroxylation sites is 3. The second kappa shape index (κ2) is 9.25. The van der Waals surface area contributed by atoms with Gasteiger partial charge in [0.2, 0.25) is 0 Å². The zero-order valence-corrected chi connectivity index (χ0v) is 22.0. The van der Waals surface area contributed by atoms with E-state index in [1.54, 1.807) is 0 Å². The van der Waals surface area contributed by atoms with Crippen LogP contribution < -0.4 is 0 Å². The quantitative estimate of drug-likeness (QED) is 0.225. The molecule has 0 N–H and O–H groups in total. The molecule has 0 aliphatic carbocycles. The number of pyridine rings is 1. The van der Waals surface area contributed by atoms with Gasteiger partial charge in [-0.25, -0.2) is 4.98 Å². The summed E-state index contributed by atoms with van der Waals surface area (Å²) in [6.07, 6.45) is 2.35. The first kappa shape index (κ1) is 22.8. The topological polar surface area (TPSA) is 22.8 Å². The molecule has 0 atom stereocenters. The van der Waals surface area contributed by atoms with E-state index in [4.69, 9.17) is 4.98 Å². The molecule has 3 nitrogen and oxygen atoms in total. The lowest BCUT2D eigenvalue weighted by molar-refractivity contribution is 0.838. The molecule has 0 radical (unpaired) electrons. The van der Waals surface area contributed by atoms with E-state index in [1.807, 2.05) is 0 Å². The summed E-state index contributed by atoms with van der Waals surface area (Å²) in [6.45, 7) is 1.59. The van der Waals surface area contributed by atoms with Crippen LogP contribution >= 0.6 is 0 Å². The Morgan fingerprint density at radius 2 is 1.07 bits per heavy atom. The van der Waals surface area contributed by atoms with E-state index in [-0.39, 0.29) is 0 Å². The zero-order valence-electron chi connectivity index (χ0n) is 22.0. The second-order valence-corrected chi connectivity index (χ2v) is 10.5. The van der Waals surface area contributed by atoms with Crippen molar-refractivity contribution in [1.29, 1.82) is 0 Å². The molecule has 3 aromatic heterocycles. The van der Waals surface area contributed by atoms with Crippen LogP contribution in [0.5, 0.6) is 0 Å². The summed E-state index contributed by atoms with van der Waals surface area (Å²) in [6, 6.07) is 47.5. The highest BCUT2D eigenvalue weighted by Crippen LogP contribution is 2.43. The van der Waals surface area contributed by atoms with Gasteiger partial charge in [-0.1, -0.05) is 115 Å². The molecule has 8 aromatic rings. The van der Waals surface area contributed by atoms with Crippen molar-refractivity contribution in [3.63, 3.8) is 0 Å². The Labute approximate surface area is 232 Å². The van der Waals surface area contributed by atoms with Crippen molar-refractivity contribution in [2.75, 3.05) is 0 Å². The number of nitrogens with zero attached hydrogens (tertiary/aromatic N) is 3. The molecular formula is C37H27N3. The van der Waals surface area contributed by atoms with E-state index in [1.165, 1.54) is 54.8 Å². The second-order valence-electron chi connectivity index (χ2n) is 10.5. The predicted octanol–water partition coefficient (Wildman–Crippen LogP) is 9.06. The highest BCUT2D eigenvalue weighted by Gasteiger charge is 2.22. The SMILES string of the molecule is c1ccc(Cn2cc(-c3c4ccccc4nc4c3c3ccccc3n4Cc3ccccc3)c3ccccc32)cc1. The summed E-state index contributed by atoms with van der Waals surface area (Å²) >= 11 is 0. The van der Waals surface area contributed by atoms with Gasteiger partial charge in [-0.05, 0) is 29.3 Å². The first-order valence-electron chi connectivity index (χ1n) is 13.8. The Morgan fingerprint density at radius 1 is 0.500 bits per heavy atom. The van der Waals surface area contributed by atoms with Crippen molar-refractivity contribution in [1.82, 2.24) is 14.1 Å². The summed E-state index contributed by atoms with van der Waals surface area (Å²) in [5, 5.41) is 4.89. The van der Waals surface area contributed by atoms with Gasteiger partial charge in [-0.3, -0.25) is 0 Å². The lowest BCUT2D eigenvalue weighted by Gasteiger charge is -2.11. The number of benzene rings is 5. The Bertz CT molecular complexity index is 2150. The normalized spacial score (nSPS) is 11.7. The lowest BCUT2D eigenvalue weighted by atomic mass is 9.96. The molecule has 40 heavy (non-hydrogen) atoms. The molecule has 3 heteroatoms. The Kier molecular flexibility index (Phi) is 5.27. The monoisotopic (exact) mass is 513 g/mol. The maximum atomic E-state index is 5.31. The average Bonchev–Trinajstić information content (AvgIpc) is 3.52. The van der Waals surface area contributed by atoms with Crippen LogP contribution in [-0.2, 0) is 13.1 Å². The van der Waals surface area contributed by atoms with Crippen LogP contribution in [0.25, 0.3) is 54.9 Å². The Balaban J connectivity index is 1.47. The van der Waals surface area contributed by atoms with Crippen LogP contribution in [0.1, 0.15) is 11.1 Å². The molecule has 5 aromatic carbocycles. The van der Waals surface area contributed by atoms with Gasteiger partial charge in [0.05, 0.1) is 11.0 Å². The highest BCUT2D eigenvalue weighted by atomic mass is 15.0. The minimum Gasteiger partial charge on any atom is -0.342 e. The van der Waals surface area contributed by atoms with Gasteiger partial charge < -0.3 is 9.13 Å². The minimum absolute atomic E-state index is 0.769.